The molecule has 0 aromatic carbocycles. The quantitative estimate of drug-likeness (QED) is 0.667. The second kappa shape index (κ2) is 7.11. The standard InChI is InChI=1S/C19H22FN5O4/c1-9(21)17(27)23-11-4-5-24(8-11)18-14(19(28)29)15(26)13-6-10(20)7-22-16(13)25(18)12-2-3-12/h6-7,9,11-12H,2-5,8,21H2,1H3,(H,23,27)(H,28,29). The molecule has 0 radical (unpaired) electrons. The lowest BCUT2D eigenvalue weighted by Crippen LogP contribution is -2.45. The lowest BCUT2D eigenvalue weighted by molar-refractivity contribution is -0.122. The predicted molar refractivity (Wildman–Crippen MR) is 104 cm³/mol. The number of nitrogens with one attached hydrogen (secondary N) is 1. The molecule has 2 aromatic heterocycles. The van der Waals surface area contributed by atoms with E-state index in [0.29, 0.717) is 19.5 Å². The van der Waals surface area contributed by atoms with Crippen molar-refractivity contribution >= 4 is 28.7 Å². The van der Waals surface area contributed by atoms with Crippen LogP contribution in [0.4, 0.5) is 10.2 Å². The molecule has 0 bridgehead atoms. The van der Waals surface area contributed by atoms with Gasteiger partial charge in [-0.2, -0.15) is 0 Å². The average molecular weight is 403 g/mol. The molecule has 0 spiro atoms. The third kappa shape index (κ3) is 3.44. The molecular weight excluding hydrogens is 381 g/mol. The molecule has 2 fully saturated rings. The molecule has 1 amide bonds. The molecule has 1 saturated heterocycles. The highest BCUT2D eigenvalue weighted by Crippen LogP contribution is 2.41. The van der Waals surface area contributed by atoms with Gasteiger partial charge in [0.1, 0.15) is 22.8 Å². The van der Waals surface area contributed by atoms with Crippen molar-refractivity contribution in [3.05, 3.63) is 33.9 Å². The highest BCUT2D eigenvalue weighted by molar-refractivity contribution is 5.98. The summed E-state index contributed by atoms with van der Waals surface area (Å²) in [6.45, 7) is 2.39. The first-order valence-corrected chi connectivity index (χ1v) is 9.56. The van der Waals surface area contributed by atoms with Crippen LogP contribution in [-0.2, 0) is 4.79 Å². The van der Waals surface area contributed by atoms with Gasteiger partial charge in [0.2, 0.25) is 11.3 Å². The molecule has 2 atom stereocenters. The van der Waals surface area contributed by atoms with E-state index in [1.54, 1.807) is 16.4 Å². The first-order chi connectivity index (χ1) is 13.8. The van der Waals surface area contributed by atoms with E-state index >= 15 is 0 Å². The van der Waals surface area contributed by atoms with Gasteiger partial charge in [-0.05, 0) is 32.3 Å². The summed E-state index contributed by atoms with van der Waals surface area (Å²) in [5.74, 6) is -2.07. The third-order valence-electron chi connectivity index (χ3n) is 5.36. The summed E-state index contributed by atoms with van der Waals surface area (Å²) in [6, 6.07) is 0.176. The number of carbonyl (C=O) groups is 2. The summed E-state index contributed by atoms with van der Waals surface area (Å²) in [5, 5.41) is 12.6. The normalized spacial score (nSPS) is 20.1. The number of carbonyl (C=O) groups excluding carboxylic acids is 1. The number of nitrogens with zero attached hydrogens (tertiary/aromatic N) is 3. The van der Waals surface area contributed by atoms with E-state index < -0.39 is 28.8 Å². The maximum absolute atomic E-state index is 13.7. The van der Waals surface area contributed by atoms with E-state index in [1.807, 2.05) is 0 Å². The molecule has 4 rings (SSSR count). The minimum absolute atomic E-state index is 0.00173. The van der Waals surface area contributed by atoms with Crippen molar-refractivity contribution in [3.63, 3.8) is 0 Å². The first-order valence-electron chi connectivity index (χ1n) is 9.56. The Morgan fingerprint density at radius 2 is 2.10 bits per heavy atom. The molecule has 2 unspecified atom stereocenters. The van der Waals surface area contributed by atoms with Crippen LogP contribution in [0.1, 0.15) is 42.6 Å². The Bertz CT molecular complexity index is 1060. The van der Waals surface area contributed by atoms with Crippen molar-refractivity contribution < 1.29 is 19.1 Å². The summed E-state index contributed by atoms with van der Waals surface area (Å²) in [7, 11) is 0. The van der Waals surface area contributed by atoms with Crippen LogP contribution < -0.4 is 21.4 Å². The van der Waals surface area contributed by atoms with Crippen LogP contribution in [0.2, 0.25) is 0 Å². The molecule has 1 aliphatic carbocycles. The van der Waals surface area contributed by atoms with Crippen molar-refractivity contribution in [2.75, 3.05) is 18.0 Å². The summed E-state index contributed by atoms with van der Waals surface area (Å²) in [4.78, 5) is 42.8. The van der Waals surface area contributed by atoms with Gasteiger partial charge in [-0.25, -0.2) is 14.2 Å². The molecule has 2 aromatic rings. The second-order valence-corrected chi connectivity index (χ2v) is 7.69. The summed E-state index contributed by atoms with van der Waals surface area (Å²) in [6.07, 6.45) is 3.26. The van der Waals surface area contributed by atoms with E-state index in [9.17, 15) is 23.9 Å². The molecule has 29 heavy (non-hydrogen) atoms. The minimum atomic E-state index is -1.37. The molecule has 154 valence electrons. The highest BCUT2D eigenvalue weighted by atomic mass is 19.1. The van der Waals surface area contributed by atoms with Crippen LogP contribution >= 0.6 is 0 Å². The number of carboxylic acids is 1. The number of halogens is 1. The fourth-order valence-electron chi connectivity index (χ4n) is 3.83. The van der Waals surface area contributed by atoms with Gasteiger partial charge < -0.3 is 25.6 Å². The van der Waals surface area contributed by atoms with Crippen molar-refractivity contribution in [3.8, 4) is 0 Å². The molecular formula is C19H22FN5O4. The number of aromatic carboxylic acids is 1. The second-order valence-electron chi connectivity index (χ2n) is 7.69. The van der Waals surface area contributed by atoms with Gasteiger partial charge in [0.25, 0.3) is 0 Å². The summed E-state index contributed by atoms with van der Waals surface area (Å²) in [5.41, 5.74) is 4.73. The number of carboxylic acid groups (broad SMARTS) is 1. The van der Waals surface area contributed by atoms with Gasteiger partial charge in [-0.1, -0.05) is 0 Å². The predicted octanol–water partition coefficient (Wildman–Crippen LogP) is 0.611. The lowest BCUT2D eigenvalue weighted by atomic mass is 10.1. The molecule has 1 saturated carbocycles. The Balaban J connectivity index is 1.84. The number of hydrogen-bond acceptors (Lipinski definition) is 6. The lowest BCUT2D eigenvalue weighted by Gasteiger charge is -2.26. The van der Waals surface area contributed by atoms with Crippen molar-refractivity contribution in [2.24, 2.45) is 5.73 Å². The average Bonchev–Trinajstić information content (AvgIpc) is 3.39. The van der Waals surface area contributed by atoms with Gasteiger partial charge >= 0.3 is 5.97 Å². The topological polar surface area (TPSA) is 131 Å². The van der Waals surface area contributed by atoms with Crippen LogP contribution in [0, 0.1) is 5.82 Å². The SMILES string of the molecule is CC(N)C(=O)NC1CCN(c2c(C(=O)O)c(=O)c3cc(F)cnc3n2C2CC2)C1. The number of anilines is 1. The molecule has 3 heterocycles. The zero-order chi connectivity index (χ0) is 20.9. The van der Waals surface area contributed by atoms with Crippen molar-refractivity contribution in [2.45, 2.75) is 44.3 Å². The van der Waals surface area contributed by atoms with E-state index in [2.05, 4.69) is 10.3 Å². The Morgan fingerprint density at radius 3 is 2.72 bits per heavy atom. The van der Waals surface area contributed by atoms with Gasteiger partial charge in [-0.3, -0.25) is 9.59 Å². The fraction of sp³-hybridized carbons (Fsp3) is 0.474. The Labute approximate surface area is 165 Å². The Kier molecular flexibility index (Phi) is 4.73. The zero-order valence-electron chi connectivity index (χ0n) is 15.9. The zero-order valence-corrected chi connectivity index (χ0v) is 15.9. The van der Waals surface area contributed by atoms with Crippen molar-refractivity contribution in [1.82, 2.24) is 14.9 Å². The van der Waals surface area contributed by atoms with Gasteiger partial charge in [0.05, 0.1) is 17.6 Å². The summed E-state index contributed by atoms with van der Waals surface area (Å²) >= 11 is 0. The highest BCUT2D eigenvalue weighted by Gasteiger charge is 2.36. The maximum atomic E-state index is 13.7. The van der Waals surface area contributed by atoms with Crippen LogP contribution in [0.3, 0.4) is 0 Å². The maximum Gasteiger partial charge on any atom is 0.343 e. The monoisotopic (exact) mass is 403 g/mol. The number of rotatable bonds is 5. The van der Waals surface area contributed by atoms with Gasteiger partial charge in [0, 0.05) is 25.2 Å². The number of amides is 1. The molecule has 10 heteroatoms. The molecule has 1 aliphatic heterocycles. The van der Waals surface area contributed by atoms with Gasteiger partial charge in [-0.15, -0.1) is 0 Å². The molecule has 2 aliphatic rings. The third-order valence-corrected chi connectivity index (χ3v) is 5.36. The summed E-state index contributed by atoms with van der Waals surface area (Å²) < 4.78 is 15.5. The fourth-order valence-corrected chi connectivity index (χ4v) is 3.83. The number of aromatic nitrogens is 2. The van der Waals surface area contributed by atoms with Crippen LogP contribution in [0.25, 0.3) is 11.0 Å². The number of hydrogen-bond donors (Lipinski definition) is 3. The number of fused-ring (bicyclic) bond motifs is 1. The van der Waals surface area contributed by atoms with Crippen LogP contribution in [0.15, 0.2) is 17.1 Å². The van der Waals surface area contributed by atoms with E-state index in [4.69, 9.17) is 5.73 Å². The largest absolute Gasteiger partial charge is 0.477 e. The van der Waals surface area contributed by atoms with E-state index in [0.717, 1.165) is 25.1 Å². The number of pyridine rings is 2. The van der Waals surface area contributed by atoms with Crippen molar-refractivity contribution in [1.29, 1.82) is 0 Å². The van der Waals surface area contributed by atoms with E-state index in [1.165, 1.54) is 0 Å². The van der Waals surface area contributed by atoms with Gasteiger partial charge in [0.15, 0.2) is 0 Å². The smallest absolute Gasteiger partial charge is 0.343 e. The Morgan fingerprint density at radius 1 is 1.38 bits per heavy atom. The first kappa shape index (κ1) is 19.3. The minimum Gasteiger partial charge on any atom is -0.477 e. The molecule has 9 nitrogen and oxygen atoms in total. The Hall–Kier alpha value is -3.01. The van der Waals surface area contributed by atoms with Crippen LogP contribution in [0.5, 0.6) is 0 Å². The number of nitrogens with two attached hydrogens (primary N) is 1. The van der Waals surface area contributed by atoms with E-state index in [-0.39, 0.29) is 34.8 Å². The van der Waals surface area contributed by atoms with Crippen LogP contribution in [-0.4, -0.2) is 51.7 Å². The molecule has 4 N–H and O–H groups in total.